The molecule has 68 valence electrons. The van der Waals surface area contributed by atoms with Gasteiger partial charge in [-0.05, 0) is 0 Å². The Kier molecular flexibility index (Phi) is 4.78. The average molecular weight is 195 g/mol. The van der Waals surface area contributed by atoms with Crippen molar-refractivity contribution in [1.29, 1.82) is 0 Å². The molecule has 0 aromatic heterocycles. The topological polar surface area (TPSA) is 98.5 Å². The Hall–Kier alpha value is -1.30. The van der Waals surface area contributed by atoms with Gasteiger partial charge in [0.05, 0.1) is 0 Å². The first-order valence-electron chi connectivity index (χ1n) is 2.96. The largest absolute Gasteiger partial charge is 0.427 e. The zero-order valence-electron chi connectivity index (χ0n) is 6.00. The molecular weight excluding hydrogens is 188 g/mol. The molecule has 3 N–H and O–H groups in total. The lowest BCUT2D eigenvalue weighted by atomic mass is 10.3. The molecule has 7 heteroatoms. The van der Waals surface area contributed by atoms with E-state index in [9.17, 15) is 14.4 Å². The standard InChI is InChI=1S/C5H7ClN2O4/c6-5(11)12-8-4(10)2-1-3(7)9/h1-2H2,(H2,7,9)(H,8,10). The Morgan fingerprint density at radius 2 is 1.92 bits per heavy atom. The van der Waals surface area contributed by atoms with Crippen molar-refractivity contribution < 1.29 is 19.2 Å². The number of primary amides is 1. The summed E-state index contributed by atoms with van der Waals surface area (Å²) in [5, 5.41) is 0. The van der Waals surface area contributed by atoms with Gasteiger partial charge in [0.25, 0.3) is 5.91 Å². The molecule has 12 heavy (non-hydrogen) atoms. The fourth-order valence-corrected chi connectivity index (χ4v) is 0.423. The van der Waals surface area contributed by atoms with Crippen LogP contribution in [-0.4, -0.2) is 17.2 Å². The van der Waals surface area contributed by atoms with Gasteiger partial charge in [-0.3, -0.25) is 9.59 Å². The van der Waals surface area contributed by atoms with Crippen LogP contribution in [0.3, 0.4) is 0 Å². The second-order valence-electron chi connectivity index (χ2n) is 1.83. The molecule has 0 bridgehead atoms. The van der Waals surface area contributed by atoms with Crippen LogP contribution < -0.4 is 11.2 Å². The Balaban J connectivity index is 3.47. The number of hydrogen-bond donors (Lipinski definition) is 2. The number of halogens is 1. The van der Waals surface area contributed by atoms with Gasteiger partial charge < -0.3 is 10.6 Å². The highest BCUT2D eigenvalue weighted by Crippen LogP contribution is 1.88. The van der Waals surface area contributed by atoms with Gasteiger partial charge in [-0.2, -0.15) is 5.48 Å². The minimum Gasteiger partial charge on any atom is -0.370 e. The Morgan fingerprint density at radius 1 is 1.33 bits per heavy atom. The lowest BCUT2D eigenvalue weighted by molar-refractivity contribution is -0.131. The van der Waals surface area contributed by atoms with Gasteiger partial charge in [-0.25, -0.2) is 4.79 Å². The minimum atomic E-state index is -1.15. The first-order chi connectivity index (χ1) is 5.52. The van der Waals surface area contributed by atoms with Crippen LogP contribution in [0.25, 0.3) is 0 Å². The maximum Gasteiger partial charge on any atom is 0.427 e. The molecular formula is C5H7ClN2O4. The van der Waals surface area contributed by atoms with E-state index in [-0.39, 0.29) is 12.8 Å². The summed E-state index contributed by atoms with van der Waals surface area (Å²) in [4.78, 5) is 34.6. The normalized spacial score (nSPS) is 8.75. The second kappa shape index (κ2) is 5.36. The minimum absolute atomic E-state index is 0.105. The first-order valence-corrected chi connectivity index (χ1v) is 3.33. The fourth-order valence-electron chi connectivity index (χ4n) is 0.385. The molecule has 0 aliphatic heterocycles. The van der Waals surface area contributed by atoms with Gasteiger partial charge in [0.15, 0.2) is 0 Å². The van der Waals surface area contributed by atoms with Gasteiger partial charge in [0.2, 0.25) is 5.91 Å². The van der Waals surface area contributed by atoms with E-state index in [1.54, 1.807) is 5.48 Å². The van der Waals surface area contributed by atoms with Crippen LogP contribution in [0.15, 0.2) is 0 Å². The van der Waals surface area contributed by atoms with Gasteiger partial charge in [0, 0.05) is 24.4 Å². The quantitative estimate of drug-likeness (QED) is 0.474. The number of hydroxylamine groups is 1. The van der Waals surface area contributed by atoms with Gasteiger partial charge in [-0.15, -0.1) is 0 Å². The van der Waals surface area contributed by atoms with E-state index in [0.29, 0.717) is 0 Å². The molecule has 0 aromatic rings. The molecule has 0 radical (unpaired) electrons. The predicted octanol–water partition coefficient (Wildman–Crippen LogP) is -0.342. The highest BCUT2D eigenvalue weighted by molar-refractivity contribution is 6.61. The van der Waals surface area contributed by atoms with E-state index in [1.165, 1.54) is 0 Å². The summed E-state index contributed by atoms with van der Waals surface area (Å²) in [7, 11) is 0. The highest BCUT2D eigenvalue weighted by Gasteiger charge is 2.05. The van der Waals surface area contributed by atoms with Crippen LogP contribution >= 0.6 is 11.6 Å². The third-order valence-corrected chi connectivity index (χ3v) is 0.921. The molecule has 0 aromatic carbocycles. The first kappa shape index (κ1) is 10.7. The summed E-state index contributed by atoms with van der Waals surface area (Å²) in [6.07, 6.45) is -0.245. The highest BCUT2D eigenvalue weighted by atomic mass is 35.5. The van der Waals surface area contributed by atoms with Crippen molar-refractivity contribution in [2.24, 2.45) is 5.73 Å². The number of rotatable bonds is 3. The lowest BCUT2D eigenvalue weighted by Crippen LogP contribution is -2.26. The lowest BCUT2D eigenvalue weighted by Gasteiger charge is -1.99. The molecule has 0 unspecified atom stereocenters. The molecule has 6 nitrogen and oxygen atoms in total. The van der Waals surface area contributed by atoms with Crippen LogP contribution in [0.1, 0.15) is 12.8 Å². The van der Waals surface area contributed by atoms with Crippen molar-refractivity contribution in [1.82, 2.24) is 5.48 Å². The van der Waals surface area contributed by atoms with E-state index < -0.39 is 17.2 Å². The Labute approximate surface area is 72.9 Å². The number of carbonyl (C=O) groups excluding carboxylic acids is 3. The fraction of sp³-hybridized carbons (Fsp3) is 0.400. The number of hydrogen-bond acceptors (Lipinski definition) is 4. The molecule has 0 saturated carbocycles. The third-order valence-electron chi connectivity index (χ3n) is 0.844. The van der Waals surface area contributed by atoms with Crippen LogP contribution in [-0.2, 0) is 14.4 Å². The molecule has 0 saturated heterocycles. The summed E-state index contributed by atoms with van der Waals surface area (Å²) in [6.45, 7) is 0. The number of amides is 2. The Morgan fingerprint density at radius 3 is 2.33 bits per heavy atom. The van der Waals surface area contributed by atoms with Crippen molar-refractivity contribution in [3.8, 4) is 0 Å². The molecule has 0 aliphatic rings. The zero-order chi connectivity index (χ0) is 9.56. The summed E-state index contributed by atoms with van der Waals surface area (Å²) in [5.74, 6) is -1.25. The van der Waals surface area contributed by atoms with Gasteiger partial charge in [-0.1, -0.05) is 0 Å². The average Bonchev–Trinajstić information content (AvgIpc) is 1.96. The summed E-state index contributed by atoms with van der Waals surface area (Å²) < 4.78 is 0. The molecule has 0 rings (SSSR count). The maximum absolute atomic E-state index is 10.6. The van der Waals surface area contributed by atoms with Crippen molar-refractivity contribution in [2.75, 3.05) is 0 Å². The van der Waals surface area contributed by atoms with Crippen LogP contribution in [0.4, 0.5) is 4.79 Å². The SMILES string of the molecule is NC(=O)CCC(=O)NOC(=O)Cl. The van der Waals surface area contributed by atoms with E-state index >= 15 is 0 Å². The number of nitrogens with two attached hydrogens (primary N) is 1. The van der Waals surface area contributed by atoms with Crippen molar-refractivity contribution >= 4 is 28.8 Å². The van der Waals surface area contributed by atoms with E-state index in [4.69, 9.17) is 17.3 Å². The smallest absolute Gasteiger partial charge is 0.370 e. The number of nitrogens with one attached hydrogen (secondary N) is 1. The third kappa shape index (κ3) is 6.81. The summed E-state index contributed by atoms with van der Waals surface area (Å²) in [5.41, 5.74) is 5.30. The van der Waals surface area contributed by atoms with Crippen LogP contribution in [0.5, 0.6) is 0 Å². The van der Waals surface area contributed by atoms with E-state index in [0.717, 1.165) is 0 Å². The summed E-state index contributed by atoms with van der Waals surface area (Å²) in [6, 6.07) is 0. The molecule has 0 spiro atoms. The van der Waals surface area contributed by atoms with E-state index in [1.807, 2.05) is 0 Å². The molecule has 0 aliphatic carbocycles. The molecule has 2 amide bonds. The zero-order valence-corrected chi connectivity index (χ0v) is 6.76. The monoisotopic (exact) mass is 194 g/mol. The van der Waals surface area contributed by atoms with Gasteiger partial charge in [0.1, 0.15) is 0 Å². The van der Waals surface area contributed by atoms with Crippen molar-refractivity contribution in [3.63, 3.8) is 0 Å². The van der Waals surface area contributed by atoms with Crippen LogP contribution in [0.2, 0.25) is 0 Å². The van der Waals surface area contributed by atoms with E-state index in [2.05, 4.69) is 4.84 Å². The second-order valence-corrected chi connectivity index (χ2v) is 2.14. The number of carbonyl (C=O) groups is 3. The van der Waals surface area contributed by atoms with Crippen molar-refractivity contribution in [3.05, 3.63) is 0 Å². The molecule has 0 heterocycles. The molecule has 0 atom stereocenters. The van der Waals surface area contributed by atoms with Gasteiger partial charge >= 0.3 is 5.43 Å². The molecule has 0 fully saturated rings. The predicted molar refractivity (Wildman–Crippen MR) is 38.9 cm³/mol. The van der Waals surface area contributed by atoms with Crippen molar-refractivity contribution in [2.45, 2.75) is 12.8 Å². The summed E-state index contributed by atoms with van der Waals surface area (Å²) >= 11 is 4.72. The Bertz CT molecular complexity index is 186. The van der Waals surface area contributed by atoms with Crippen LogP contribution in [0, 0.1) is 0 Å². The maximum atomic E-state index is 10.6.